The van der Waals surface area contributed by atoms with Crippen molar-refractivity contribution >= 4 is 11.9 Å². The number of aliphatic carboxylic acids is 1. The number of carbonyl (C=O) groups excluding carboxylic acids is 2. The number of carboxylic acids is 1. The highest BCUT2D eigenvalue weighted by Crippen LogP contribution is 2.44. The van der Waals surface area contributed by atoms with Gasteiger partial charge in [-0.05, 0) is 18.4 Å². The second kappa shape index (κ2) is 6.77. The molecule has 1 aromatic carbocycles. The molecule has 0 radical (unpaired) electrons. The molecule has 3 heterocycles. The van der Waals surface area contributed by atoms with E-state index in [-0.39, 0.29) is 18.1 Å². The maximum Gasteiger partial charge on any atom is 0.229 e. The normalized spacial score (nSPS) is 32.1. The average molecular weight is 343 g/mol. The van der Waals surface area contributed by atoms with Crippen LogP contribution in [0.4, 0.5) is 0 Å². The summed E-state index contributed by atoms with van der Waals surface area (Å²) in [5.41, 5.74) is 1.26. The van der Waals surface area contributed by atoms with Crippen LogP contribution in [-0.2, 0) is 20.9 Å². The van der Waals surface area contributed by atoms with E-state index < -0.39 is 17.8 Å². The molecule has 6 nitrogen and oxygen atoms in total. The van der Waals surface area contributed by atoms with Crippen molar-refractivity contribution in [2.45, 2.75) is 31.6 Å². The number of piperazine rings is 1. The summed E-state index contributed by atoms with van der Waals surface area (Å²) in [5.74, 6) is -2.56. The predicted octanol–water partition coefficient (Wildman–Crippen LogP) is -0.126. The minimum atomic E-state index is -1.15. The van der Waals surface area contributed by atoms with E-state index in [0.717, 1.165) is 32.5 Å². The van der Waals surface area contributed by atoms with Crippen LogP contribution in [0.3, 0.4) is 0 Å². The Morgan fingerprint density at radius 2 is 1.64 bits per heavy atom. The molecule has 3 fully saturated rings. The Labute approximate surface area is 147 Å². The third-order valence-corrected chi connectivity index (χ3v) is 5.76. The van der Waals surface area contributed by atoms with Crippen LogP contribution < -0.4 is 5.11 Å². The lowest BCUT2D eigenvalue weighted by atomic mass is 9.78. The summed E-state index contributed by atoms with van der Waals surface area (Å²) in [7, 11) is 0. The van der Waals surface area contributed by atoms with Gasteiger partial charge in [0.1, 0.15) is 0 Å². The highest BCUT2D eigenvalue weighted by atomic mass is 16.5. The first-order chi connectivity index (χ1) is 12.1. The number of amides is 1. The van der Waals surface area contributed by atoms with E-state index in [1.807, 2.05) is 23.1 Å². The molecule has 0 saturated carbocycles. The van der Waals surface area contributed by atoms with Gasteiger partial charge in [0.25, 0.3) is 0 Å². The van der Waals surface area contributed by atoms with Crippen molar-refractivity contribution < 1.29 is 19.4 Å². The molecule has 1 aromatic rings. The molecular formula is C19H23N2O4-. The van der Waals surface area contributed by atoms with Crippen molar-refractivity contribution in [3.63, 3.8) is 0 Å². The van der Waals surface area contributed by atoms with Gasteiger partial charge in [-0.2, -0.15) is 0 Å². The van der Waals surface area contributed by atoms with Gasteiger partial charge in [0.05, 0.1) is 18.1 Å². The summed E-state index contributed by atoms with van der Waals surface area (Å²) in [4.78, 5) is 28.5. The zero-order valence-electron chi connectivity index (χ0n) is 14.2. The van der Waals surface area contributed by atoms with E-state index in [0.29, 0.717) is 13.1 Å². The molecule has 3 aliphatic heterocycles. The quantitative estimate of drug-likeness (QED) is 0.762. The molecule has 3 aliphatic rings. The van der Waals surface area contributed by atoms with Gasteiger partial charge in [-0.25, -0.2) is 0 Å². The van der Waals surface area contributed by atoms with Crippen molar-refractivity contribution in [1.82, 2.24) is 9.80 Å². The molecule has 4 rings (SSSR count). The molecule has 0 N–H and O–H groups in total. The number of ether oxygens (including phenoxy) is 1. The van der Waals surface area contributed by atoms with E-state index in [1.165, 1.54) is 5.56 Å². The number of hydrogen-bond acceptors (Lipinski definition) is 5. The molecule has 2 unspecified atom stereocenters. The average Bonchev–Trinajstić information content (AvgIpc) is 3.24. The number of hydrogen-bond donors (Lipinski definition) is 0. The first kappa shape index (κ1) is 16.5. The smallest absolute Gasteiger partial charge is 0.229 e. The minimum absolute atomic E-state index is 0.0687. The van der Waals surface area contributed by atoms with Gasteiger partial charge in [0, 0.05) is 44.6 Å². The Morgan fingerprint density at radius 1 is 1.00 bits per heavy atom. The van der Waals surface area contributed by atoms with Crippen molar-refractivity contribution in [2.24, 2.45) is 11.8 Å². The van der Waals surface area contributed by atoms with Crippen molar-refractivity contribution in [1.29, 1.82) is 0 Å². The number of carbonyl (C=O) groups is 2. The standard InChI is InChI=1S/C19H24N2O4/c22-18(16-14-6-7-15(25-14)17(16)19(23)24)21-10-8-20(9-11-21)12-13-4-2-1-3-5-13/h1-5,14-17H,6-12H2,(H,23,24)/p-1/t14-,15+,16?,17?/m1/s1. The summed E-state index contributed by atoms with van der Waals surface area (Å²) in [6.07, 6.45) is 0.905. The Hall–Kier alpha value is -1.92. The molecule has 6 heteroatoms. The lowest BCUT2D eigenvalue weighted by Crippen LogP contribution is -2.54. The Balaban J connectivity index is 1.36. The van der Waals surface area contributed by atoms with Crippen LogP contribution in [0.15, 0.2) is 30.3 Å². The van der Waals surface area contributed by atoms with Crippen LogP contribution >= 0.6 is 0 Å². The van der Waals surface area contributed by atoms with Crippen LogP contribution in [0.5, 0.6) is 0 Å². The molecule has 0 aromatic heterocycles. The molecule has 134 valence electrons. The van der Waals surface area contributed by atoms with Gasteiger partial charge in [0.2, 0.25) is 5.91 Å². The molecule has 2 bridgehead atoms. The van der Waals surface area contributed by atoms with Crippen LogP contribution in [0.1, 0.15) is 18.4 Å². The van der Waals surface area contributed by atoms with E-state index >= 15 is 0 Å². The third kappa shape index (κ3) is 3.16. The number of nitrogens with zero attached hydrogens (tertiary/aromatic N) is 2. The summed E-state index contributed by atoms with van der Waals surface area (Å²) < 4.78 is 5.69. The fourth-order valence-corrected chi connectivity index (χ4v) is 4.47. The van der Waals surface area contributed by atoms with Crippen molar-refractivity contribution in [3.8, 4) is 0 Å². The Kier molecular flexibility index (Phi) is 4.48. The van der Waals surface area contributed by atoms with Gasteiger partial charge in [-0.15, -0.1) is 0 Å². The van der Waals surface area contributed by atoms with Crippen molar-refractivity contribution in [2.75, 3.05) is 26.2 Å². The number of fused-ring (bicyclic) bond motifs is 2. The highest BCUT2D eigenvalue weighted by Gasteiger charge is 2.53. The SMILES string of the molecule is O=C([O-])C1C(C(=O)N2CCN(Cc3ccccc3)CC2)[C@H]2CC[C@@H]1O2. The van der Waals surface area contributed by atoms with E-state index in [1.54, 1.807) is 0 Å². The maximum absolute atomic E-state index is 12.9. The molecule has 1 amide bonds. The molecule has 0 spiro atoms. The minimum Gasteiger partial charge on any atom is -0.550 e. The van der Waals surface area contributed by atoms with Gasteiger partial charge in [0.15, 0.2) is 0 Å². The molecule has 3 saturated heterocycles. The Morgan fingerprint density at radius 3 is 2.28 bits per heavy atom. The fraction of sp³-hybridized carbons (Fsp3) is 0.579. The maximum atomic E-state index is 12.9. The summed E-state index contributed by atoms with van der Waals surface area (Å²) >= 11 is 0. The number of rotatable bonds is 4. The number of benzene rings is 1. The lowest BCUT2D eigenvalue weighted by molar-refractivity contribution is -0.314. The molecule has 0 aliphatic carbocycles. The first-order valence-electron chi connectivity index (χ1n) is 9.05. The predicted molar refractivity (Wildman–Crippen MR) is 88.2 cm³/mol. The summed E-state index contributed by atoms with van der Waals surface area (Å²) in [6.45, 7) is 3.76. The van der Waals surface area contributed by atoms with Gasteiger partial charge in [-0.3, -0.25) is 9.69 Å². The monoisotopic (exact) mass is 343 g/mol. The van der Waals surface area contributed by atoms with Crippen LogP contribution in [-0.4, -0.2) is 60.1 Å². The van der Waals surface area contributed by atoms with Crippen LogP contribution in [0.25, 0.3) is 0 Å². The highest BCUT2D eigenvalue weighted by molar-refractivity contribution is 5.86. The van der Waals surface area contributed by atoms with Crippen LogP contribution in [0.2, 0.25) is 0 Å². The van der Waals surface area contributed by atoms with Gasteiger partial charge < -0.3 is 19.5 Å². The van der Waals surface area contributed by atoms with Gasteiger partial charge in [-0.1, -0.05) is 30.3 Å². The third-order valence-electron chi connectivity index (χ3n) is 5.76. The topological polar surface area (TPSA) is 72.9 Å². The number of carboxylic acid groups (broad SMARTS) is 1. The van der Waals surface area contributed by atoms with Crippen LogP contribution in [0, 0.1) is 11.8 Å². The van der Waals surface area contributed by atoms with E-state index in [4.69, 9.17) is 4.74 Å². The summed E-state index contributed by atoms with van der Waals surface area (Å²) in [6, 6.07) is 10.3. The zero-order chi connectivity index (χ0) is 17.4. The zero-order valence-corrected chi connectivity index (χ0v) is 14.2. The first-order valence-corrected chi connectivity index (χ1v) is 9.05. The van der Waals surface area contributed by atoms with Gasteiger partial charge >= 0.3 is 0 Å². The largest absolute Gasteiger partial charge is 0.550 e. The summed E-state index contributed by atoms with van der Waals surface area (Å²) in [5, 5.41) is 11.5. The molecular weight excluding hydrogens is 320 g/mol. The lowest BCUT2D eigenvalue weighted by Gasteiger charge is -2.38. The molecule has 4 atom stereocenters. The fourth-order valence-electron chi connectivity index (χ4n) is 4.47. The second-order valence-electron chi connectivity index (χ2n) is 7.25. The second-order valence-corrected chi connectivity index (χ2v) is 7.25. The Bertz CT molecular complexity index is 642. The van der Waals surface area contributed by atoms with E-state index in [2.05, 4.69) is 17.0 Å². The molecule has 25 heavy (non-hydrogen) atoms. The van der Waals surface area contributed by atoms with E-state index in [9.17, 15) is 14.7 Å². The van der Waals surface area contributed by atoms with Crippen molar-refractivity contribution in [3.05, 3.63) is 35.9 Å².